The maximum absolute atomic E-state index is 13.5. The van der Waals surface area contributed by atoms with Crippen LogP contribution in [0, 0.1) is 17.5 Å². The number of nitrogens with one attached hydrogen (secondary N) is 1. The van der Waals surface area contributed by atoms with Crippen LogP contribution in [0.25, 0.3) is 0 Å². The van der Waals surface area contributed by atoms with Crippen LogP contribution < -0.4 is 10.2 Å². The highest BCUT2D eigenvalue weighted by atomic mass is 19.1. The summed E-state index contributed by atoms with van der Waals surface area (Å²) in [5.41, 5.74) is 2.19. The maximum Gasteiger partial charge on any atom is 0.277 e. The van der Waals surface area contributed by atoms with Gasteiger partial charge in [0.1, 0.15) is 23.2 Å². The van der Waals surface area contributed by atoms with Gasteiger partial charge in [0.05, 0.1) is 5.71 Å². The fraction of sp³-hybridized carbons (Fsp3) is 0.125. The Balaban J connectivity index is 1.93. The van der Waals surface area contributed by atoms with Crippen LogP contribution in [0.15, 0.2) is 47.6 Å². The second-order valence-corrected chi connectivity index (χ2v) is 4.60. The summed E-state index contributed by atoms with van der Waals surface area (Å²) in [5.74, 6) is -2.18. The number of amides is 1. The Morgan fingerprint density at radius 1 is 1.13 bits per heavy atom. The Labute approximate surface area is 130 Å². The molecule has 0 saturated carbocycles. The minimum atomic E-state index is -0.655. The van der Waals surface area contributed by atoms with Crippen molar-refractivity contribution in [2.75, 3.05) is 6.61 Å². The largest absolute Gasteiger partial charge is 0.484 e. The van der Waals surface area contributed by atoms with Gasteiger partial charge in [-0.25, -0.2) is 18.6 Å². The van der Waals surface area contributed by atoms with Crippen LogP contribution in [-0.2, 0) is 4.79 Å². The lowest BCUT2D eigenvalue weighted by Gasteiger charge is -2.06. The SMILES string of the molecule is C/C(=N/NC(=O)COc1cccc(F)c1)c1cc(F)ccc1F. The monoisotopic (exact) mass is 322 g/mol. The molecule has 0 aromatic heterocycles. The van der Waals surface area contributed by atoms with Gasteiger partial charge < -0.3 is 4.74 Å². The highest BCUT2D eigenvalue weighted by molar-refractivity contribution is 5.99. The van der Waals surface area contributed by atoms with E-state index in [4.69, 9.17) is 4.74 Å². The Hall–Kier alpha value is -2.83. The molecular formula is C16H13F3N2O2. The molecule has 2 aromatic carbocycles. The van der Waals surface area contributed by atoms with Crippen molar-refractivity contribution in [2.24, 2.45) is 5.10 Å². The van der Waals surface area contributed by atoms with Crippen LogP contribution in [0.4, 0.5) is 13.2 Å². The predicted octanol–water partition coefficient (Wildman–Crippen LogP) is 3.02. The minimum absolute atomic E-state index is 0.0589. The van der Waals surface area contributed by atoms with E-state index in [1.807, 2.05) is 0 Å². The van der Waals surface area contributed by atoms with Gasteiger partial charge in [0.25, 0.3) is 5.91 Å². The molecule has 0 aliphatic rings. The van der Waals surface area contributed by atoms with Gasteiger partial charge in [-0.2, -0.15) is 5.10 Å². The maximum atomic E-state index is 13.5. The van der Waals surface area contributed by atoms with E-state index >= 15 is 0 Å². The van der Waals surface area contributed by atoms with Gasteiger partial charge in [0, 0.05) is 11.6 Å². The molecule has 0 unspecified atom stereocenters. The summed E-state index contributed by atoms with van der Waals surface area (Å²) in [7, 11) is 0. The molecule has 0 saturated heterocycles. The van der Waals surface area contributed by atoms with E-state index < -0.39 is 30.0 Å². The fourth-order valence-corrected chi connectivity index (χ4v) is 1.72. The first-order valence-corrected chi connectivity index (χ1v) is 6.62. The van der Waals surface area contributed by atoms with Gasteiger partial charge >= 0.3 is 0 Å². The van der Waals surface area contributed by atoms with Gasteiger partial charge in [0.15, 0.2) is 6.61 Å². The van der Waals surface area contributed by atoms with Crippen molar-refractivity contribution in [1.29, 1.82) is 0 Å². The van der Waals surface area contributed by atoms with E-state index in [9.17, 15) is 18.0 Å². The Morgan fingerprint density at radius 3 is 2.61 bits per heavy atom. The van der Waals surface area contributed by atoms with Crippen LogP contribution in [-0.4, -0.2) is 18.2 Å². The topological polar surface area (TPSA) is 50.7 Å². The molecule has 0 spiro atoms. The molecule has 0 aliphatic carbocycles. The average molecular weight is 322 g/mol. The number of halogens is 3. The quantitative estimate of drug-likeness (QED) is 0.679. The van der Waals surface area contributed by atoms with E-state index in [2.05, 4.69) is 10.5 Å². The van der Waals surface area contributed by atoms with Crippen LogP contribution in [0.1, 0.15) is 12.5 Å². The molecule has 120 valence electrons. The van der Waals surface area contributed by atoms with Gasteiger partial charge in [-0.05, 0) is 37.3 Å². The van der Waals surface area contributed by atoms with Crippen molar-refractivity contribution in [3.63, 3.8) is 0 Å². The number of hydrazone groups is 1. The van der Waals surface area contributed by atoms with Crippen molar-refractivity contribution in [2.45, 2.75) is 6.92 Å². The van der Waals surface area contributed by atoms with Crippen LogP contribution in [0.5, 0.6) is 5.75 Å². The number of carbonyl (C=O) groups is 1. The molecule has 1 amide bonds. The van der Waals surface area contributed by atoms with E-state index in [1.54, 1.807) is 0 Å². The third-order valence-electron chi connectivity index (χ3n) is 2.83. The standard InChI is InChI=1S/C16H13F3N2O2/c1-10(14-8-12(18)5-6-15(14)19)20-21-16(22)9-23-13-4-2-3-11(17)7-13/h2-8H,9H2,1H3,(H,21,22)/b20-10-. The van der Waals surface area contributed by atoms with E-state index in [0.717, 1.165) is 24.3 Å². The molecule has 0 bridgehead atoms. The van der Waals surface area contributed by atoms with Crippen molar-refractivity contribution < 1.29 is 22.7 Å². The molecule has 0 heterocycles. The second kappa shape index (κ2) is 7.44. The summed E-state index contributed by atoms with van der Waals surface area (Å²) in [4.78, 5) is 11.6. The molecule has 0 fully saturated rings. The third-order valence-corrected chi connectivity index (χ3v) is 2.83. The molecule has 1 N–H and O–H groups in total. The number of hydrogen-bond donors (Lipinski definition) is 1. The van der Waals surface area contributed by atoms with Crippen LogP contribution in [0.2, 0.25) is 0 Å². The molecule has 0 atom stereocenters. The third kappa shape index (κ3) is 4.84. The van der Waals surface area contributed by atoms with Crippen molar-refractivity contribution in [3.05, 3.63) is 65.5 Å². The van der Waals surface area contributed by atoms with Crippen molar-refractivity contribution >= 4 is 11.6 Å². The molecule has 0 radical (unpaired) electrons. The molecule has 7 heteroatoms. The Kier molecular flexibility index (Phi) is 5.35. The minimum Gasteiger partial charge on any atom is -0.484 e. The van der Waals surface area contributed by atoms with Gasteiger partial charge in [-0.15, -0.1) is 0 Å². The Bertz CT molecular complexity index is 748. The highest BCUT2D eigenvalue weighted by Crippen LogP contribution is 2.12. The zero-order chi connectivity index (χ0) is 16.8. The normalized spacial score (nSPS) is 11.2. The average Bonchev–Trinajstić information content (AvgIpc) is 2.53. The smallest absolute Gasteiger partial charge is 0.277 e. The highest BCUT2D eigenvalue weighted by Gasteiger charge is 2.08. The summed E-state index contributed by atoms with van der Waals surface area (Å²) in [6.45, 7) is 1.03. The van der Waals surface area contributed by atoms with Crippen LogP contribution >= 0.6 is 0 Å². The Morgan fingerprint density at radius 2 is 1.87 bits per heavy atom. The van der Waals surface area contributed by atoms with E-state index in [-0.39, 0.29) is 17.0 Å². The lowest BCUT2D eigenvalue weighted by atomic mass is 10.1. The fourth-order valence-electron chi connectivity index (χ4n) is 1.72. The number of ether oxygens (including phenoxy) is 1. The molecule has 23 heavy (non-hydrogen) atoms. The summed E-state index contributed by atoms with van der Waals surface area (Å²) >= 11 is 0. The lowest BCUT2D eigenvalue weighted by Crippen LogP contribution is -2.25. The van der Waals surface area contributed by atoms with Crippen molar-refractivity contribution in [1.82, 2.24) is 5.43 Å². The summed E-state index contributed by atoms with van der Waals surface area (Å²) in [6.07, 6.45) is 0. The number of hydrogen-bond acceptors (Lipinski definition) is 3. The molecule has 0 aliphatic heterocycles. The first kappa shape index (κ1) is 16.5. The predicted molar refractivity (Wildman–Crippen MR) is 78.6 cm³/mol. The number of carbonyl (C=O) groups excluding carboxylic acids is 1. The lowest BCUT2D eigenvalue weighted by molar-refractivity contribution is -0.123. The first-order valence-electron chi connectivity index (χ1n) is 6.62. The van der Waals surface area contributed by atoms with E-state index in [0.29, 0.717) is 0 Å². The zero-order valence-corrected chi connectivity index (χ0v) is 12.1. The summed E-state index contributed by atoms with van der Waals surface area (Å²) in [5, 5.41) is 3.68. The molecule has 4 nitrogen and oxygen atoms in total. The summed E-state index contributed by atoms with van der Waals surface area (Å²) < 4.78 is 44.6. The summed E-state index contributed by atoms with van der Waals surface area (Å²) in [6, 6.07) is 8.24. The molecular weight excluding hydrogens is 309 g/mol. The number of rotatable bonds is 5. The number of benzene rings is 2. The van der Waals surface area contributed by atoms with Crippen molar-refractivity contribution in [3.8, 4) is 5.75 Å². The number of nitrogens with zero attached hydrogens (tertiary/aromatic N) is 1. The first-order chi connectivity index (χ1) is 11.0. The van der Waals surface area contributed by atoms with Gasteiger partial charge in [0.2, 0.25) is 0 Å². The van der Waals surface area contributed by atoms with E-state index in [1.165, 1.54) is 25.1 Å². The second-order valence-electron chi connectivity index (χ2n) is 4.60. The molecule has 2 rings (SSSR count). The van der Waals surface area contributed by atoms with Gasteiger partial charge in [-0.1, -0.05) is 6.07 Å². The van der Waals surface area contributed by atoms with Crippen LogP contribution in [0.3, 0.4) is 0 Å². The molecule has 2 aromatic rings. The zero-order valence-electron chi connectivity index (χ0n) is 12.1. The van der Waals surface area contributed by atoms with Gasteiger partial charge in [-0.3, -0.25) is 4.79 Å².